The number of aliphatic hydroxyl groups is 1. The van der Waals surface area contributed by atoms with Crippen molar-refractivity contribution in [2.24, 2.45) is 0 Å². The lowest BCUT2D eigenvalue weighted by Crippen LogP contribution is -2.55. The molecule has 1 rings (SSSR count). The van der Waals surface area contributed by atoms with Crippen molar-refractivity contribution < 1.29 is 9.90 Å². The van der Waals surface area contributed by atoms with Crippen molar-refractivity contribution in [3.8, 4) is 0 Å². The minimum Gasteiger partial charge on any atom is -0.394 e. The minimum atomic E-state index is -0.385. The van der Waals surface area contributed by atoms with Crippen molar-refractivity contribution >= 4 is 5.91 Å². The van der Waals surface area contributed by atoms with Gasteiger partial charge in [-0.15, -0.1) is 0 Å². The van der Waals surface area contributed by atoms with Gasteiger partial charge in [0.25, 0.3) is 0 Å². The van der Waals surface area contributed by atoms with Gasteiger partial charge in [-0.3, -0.25) is 4.79 Å². The van der Waals surface area contributed by atoms with E-state index in [1.165, 1.54) is 0 Å². The summed E-state index contributed by atoms with van der Waals surface area (Å²) in [6.07, 6.45) is 2.75. The Morgan fingerprint density at radius 3 is 2.86 bits per heavy atom. The van der Waals surface area contributed by atoms with Crippen molar-refractivity contribution in [3.63, 3.8) is 0 Å². The standard InChI is InChI=1S/C10H20N2O2/c1-3-10(5-4-6-11-10)9(14)12-8(2)7-13/h8,11,13H,3-7H2,1-2H3,(H,12,14)/t8-,10?/m1/s1. The maximum Gasteiger partial charge on any atom is 0.240 e. The molecule has 1 aliphatic heterocycles. The van der Waals surface area contributed by atoms with Gasteiger partial charge in [0, 0.05) is 6.04 Å². The summed E-state index contributed by atoms with van der Waals surface area (Å²) in [4.78, 5) is 11.9. The van der Waals surface area contributed by atoms with Gasteiger partial charge in [0.15, 0.2) is 0 Å². The minimum absolute atomic E-state index is 0.00840. The quantitative estimate of drug-likeness (QED) is 0.599. The van der Waals surface area contributed by atoms with Crippen LogP contribution in [0.15, 0.2) is 0 Å². The first kappa shape index (κ1) is 11.5. The van der Waals surface area contributed by atoms with E-state index in [9.17, 15) is 4.79 Å². The van der Waals surface area contributed by atoms with E-state index in [1.54, 1.807) is 6.92 Å². The Balaban J connectivity index is 2.56. The molecule has 0 aromatic heterocycles. The molecule has 4 heteroatoms. The van der Waals surface area contributed by atoms with Crippen LogP contribution in [0.5, 0.6) is 0 Å². The number of carbonyl (C=O) groups excluding carboxylic acids is 1. The Morgan fingerprint density at radius 1 is 1.71 bits per heavy atom. The topological polar surface area (TPSA) is 61.4 Å². The van der Waals surface area contributed by atoms with E-state index >= 15 is 0 Å². The fourth-order valence-electron chi connectivity index (χ4n) is 1.87. The number of rotatable bonds is 4. The van der Waals surface area contributed by atoms with Crippen LogP contribution < -0.4 is 10.6 Å². The third kappa shape index (κ3) is 2.25. The molecule has 14 heavy (non-hydrogen) atoms. The number of hydrogen-bond acceptors (Lipinski definition) is 3. The highest BCUT2D eigenvalue weighted by Crippen LogP contribution is 2.23. The molecule has 0 saturated carbocycles. The second-order valence-electron chi connectivity index (χ2n) is 4.02. The van der Waals surface area contributed by atoms with Crippen LogP contribution in [-0.4, -0.2) is 35.7 Å². The van der Waals surface area contributed by atoms with E-state index < -0.39 is 0 Å². The van der Waals surface area contributed by atoms with Crippen LogP contribution in [0, 0.1) is 0 Å². The molecule has 0 bridgehead atoms. The van der Waals surface area contributed by atoms with Gasteiger partial charge in [-0.05, 0) is 32.7 Å². The lowest BCUT2D eigenvalue weighted by atomic mass is 9.93. The van der Waals surface area contributed by atoms with Gasteiger partial charge >= 0.3 is 0 Å². The third-order valence-corrected chi connectivity index (χ3v) is 2.93. The van der Waals surface area contributed by atoms with Crippen LogP contribution >= 0.6 is 0 Å². The first-order chi connectivity index (χ1) is 6.64. The number of hydrogen-bond donors (Lipinski definition) is 3. The third-order valence-electron chi connectivity index (χ3n) is 2.93. The van der Waals surface area contributed by atoms with Gasteiger partial charge in [-0.1, -0.05) is 6.92 Å². The Kier molecular flexibility index (Phi) is 3.89. The molecule has 0 radical (unpaired) electrons. The summed E-state index contributed by atoms with van der Waals surface area (Å²) in [7, 11) is 0. The van der Waals surface area contributed by atoms with E-state index in [0.29, 0.717) is 0 Å². The first-order valence-corrected chi connectivity index (χ1v) is 5.31. The van der Waals surface area contributed by atoms with Crippen LogP contribution in [0.4, 0.5) is 0 Å². The second-order valence-corrected chi connectivity index (χ2v) is 4.02. The van der Waals surface area contributed by atoms with Crippen LogP contribution in [-0.2, 0) is 4.79 Å². The summed E-state index contributed by atoms with van der Waals surface area (Å²) in [6, 6.07) is -0.159. The van der Waals surface area contributed by atoms with Gasteiger partial charge in [0.05, 0.1) is 12.1 Å². The van der Waals surface area contributed by atoms with Crippen molar-refractivity contribution in [3.05, 3.63) is 0 Å². The lowest BCUT2D eigenvalue weighted by Gasteiger charge is -2.28. The Labute approximate surface area is 85.1 Å². The van der Waals surface area contributed by atoms with Crippen LogP contribution in [0.3, 0.4) is 0 Å². The van der Waals surface area contributed by atoms with E-state index in [0.717, 1.165) is 25.8 Å². The van der Waals surface area contributed by atoms with Gasteiger partial charge < -0.3 is 15.7 Å². The van der Waals surface area contributed by atoms with Crippen LogP contribution in [0.2, 0.25) is 0 Å². The molecule has 82 valence electrons. The van der Waals surface area contributed by atoms with Crippen LogP contribution in [0.1, 0.15) is 33.1 Å². The average molecular weight is 200 g/mol. The molecule has 1 fully saturated rings. The van der Waals surface area contributed by atoms with Crippen molar-refractivity contribution in [2.45, 2.75) is 44.7 Å². The summed E-state index contributed by atoms with van der Waals surface area (Å²) in [6.45, 7) is 4.72. The van der Waals surface area contributed by atoms with E-state index in [2.05, 4.69) is 10.6 Å². The van der Waals surface area contributed by atoms with Gasteiger partial charge in [0.2, 0.25) is 5.91 Å². The SMILES string of the molecule is CCC1(C(=O)N[C@H](C)CO)CCCN1. The molecular formula is C10H20N2O2. The summed E-state index contributed by atoms with van der Waals surface area (Å²) < 4.78 is 0. The predicted octanol–water partition coefficient (Wildman–Crippen LogP) is 0.0156. The fourth-order valence-corrected chi connectivity index (χ4v) is 1.87. The Bertz CT molecular complexity index is 200. The molecule has 1 amide bonds. The molecular weight excluding hydrogens is 180 g/mol. The largest absolute Gasteiger partial charge is 0.394 e. The molecule has 0 aromatic rings. The molecule has 0 aliphatic carbocycles. The highest BCUT2D eigenvalue weighted by Gasteiger charge is 2.39. The summed E-state index contributed by atoms with van der Waals surface area (Å²) in [5.74, 6) is 0.0269. The van der Waals surface area contributed by atoms with Gasteiger partial charge in [-0.2, -0.15) is 0 Å². The predicted molar refractivity (Wildman–Crippen MR) is 54.9 cm³/mol. The molecule has 1 heterocycles. The molecule has 0 aromatic carbocycles. The van der Waals surface area contributed by atoms with E-state index in [4.69, 9.17) is 5.11 Å². The van der Waals surface area contributed by atoms with Crippen molar-refractivity contribution in [1.29, 1.82) is 0 Å². The summed E-state index contributed by atoms with van der Waals surface area (Å²) in [5.41, 5.74) is -0.385. The average Bonchev–Trinajstić information content (AvgIpc) is 2.67. The highest BCUT2D eigenvalue weighted by molar-refractivity contribution is 5.86. The summed E-state index contributed by atoms with van der Waals surface area (Å²) in [5, 5.41) is 14.9. The zero-order valence-corrected chi connectivity index (χ0v) is 8.97. The van der Waals surface area contributed by atoms with E-state index in [1.807, 2.05) is 6.92 Å². The van der Waals surface area contributed by atoms with Crippen molar-refractivity contribution in [1.82, 2.24) is 10.6 Å². The maximum atomic E-state index is 11.9. The Morgan fingerprint density at radius 2 is 2.43 bits per heavy atom. The number of amides is 1. The second kappa shape index (κ2) is 4.75. The zero-order chi connectivity index (χ0) is 10.6. The highest BCUT2D eigenvalue weighted by atomic mass is 16.3. The fraction of sp³-hybridized carbons (Fsp3) is 0.900. The van der Waals surface area contributed by atoms with Crippen molar-refractivity contribution in [2.75, 3.05) is 13.2 Å². The monoisotopic (exact) mass is 200 g/mol. The maximum absolute atomic E-state index is 11.9. The number of nitrogens with one attached hydrogen (secondary N) is 2. The van der Waals surface area contributed by atoms with E-state index in [-0.39, 0.29) is 24.1 Å². The number of aliphatic hydroxyl groups excluding tert-OH is 1. The molecule has 1 unspecified atom stereocenters. The first-order valence-electron chi connectivity index (χ1n) is 5.31. The normalized spacial score (nSPS) is 28.8. The molecule has 1 aliphatic rings. The molecule has 1 saturated heterocycles. The molecule has 3 N–H and O–H groups in total. The Hall–Kier alpha value is -0.610. The molecule has 0 spiro atoms. The van der Waals surface area contributed by atoms with Crippen LogP contribution in [0.25, 0.3) is 0 Å². The molecule has 2 atom stereocenters. The summed E-state index contributed by atoms with van der Waals surface area (Å²) >= 11 is 0. The lowest BCUT2D eigenvalue weighted by molar-refractivity contribution is -0.128. The zero-order valence-electron chi connectivity index (χ0n) is 8.97. The van der Waals surface area contributed by atoms with Gasteiger partial charge in [-0.25, -0.2) is 0 Å². The molecule has 4 nitrogen and oxygen atoms in total. The smallest absolute Gasteiger partial charge is 0.240 e. The van der Waals surface area contributed by atoms with Gasteiger partial charge in [0.1, 0.15) is 0 Å². The number of carbonyl (C=O) groups is 1.